The SMILES string of the molecule is COc1ccc(C(=O)C2CCN([C@H]3CCNC[C@@H]3O)CC2)cc1. The van der Waals surface area contributed by atoms with Crippen LogP contribution in [0.25, 0.3) is 0 Å². The van der Waals surface area contributed by atoms with E-state index in [4.69, 9.17) is 4.74 Å². The van der Waals surface area contributed by atoms with Crippen LogP contribution < -0.4 is 10.1 Å². The van der Waals surface area contributed by atoms with Crippen molar-refractivity contribution in [2.45, 2.75) is 31.4 Å². The third kappa shape index (κ3) is 3.74. The van der Waals surface area contributed by atoms with Crippen LogP contribution in [0.3, 0.4) is 0 Å². The first-order valence-electron chi connectivity index (χ1n) is 8.50. The highest BCUT2D eigenvalue weighted by atomic mass is 16.5. The molecule has 0 saturated carbocycles. The van der Waals surface area contributed by atoms with E-state index in [1.807, 2.05) is 24.3 Å². The number of rotatable bonds is 4. The van der Waals surface area contributed by atoms with Crippen molar-refractivity contribution in [1.29, 1.82) is 0 Å². The molecule has 1 aromatic rings. The van der Waals surface area contributed by atoms with E-state index in [1.54, 1.807) is 7.11 Å². The molecule has 0 aliphatic carbocycles. The minimum absolute atomic E-state index is 0.0958. The summed E-state index contributed by atoms with van der Waals surface area (Å²) in [6.07, 6.45) is 2.44. The normalized spacial score (nSPS) is 26.9. The van der Waals surface area contributed by atoms with E-state index in [0.717, 1.165) is 50.2 Å². The fourth-order valence-electron chi connectivity index (χ4n) is 3.74. The van der Waals surface area contributed by atoms with E-state index in [9.17, 15) is 9.90 Å². The third-order valence-electron chi connectivity index (χ3n) is 5.16. The second-order valence-electron chi connectivity index (χ2n) is 6.53. The van der Waals surface area contributed by atoms with Crippen LogP contribution >= 0.6 is 0 Å². The van der Waals surface area contributed by atoms with Gasteiger partial charge in [-0.05, 0) is 63.2 Å². The monoisotopic (exact) mass is 318 g/mol. The molecular formula is C18H26N2O3. The zero-order valence-electron chi connectivity index (χ0n) is 13.7. The van der Waals surface area contributed by atoms with Crippen LogP contribution in [0.1, 0.15) is 29.6 Å². The summed E-state index contributed by atoms with van der Waals surface area (Å²) in [6, 6.07) is 7.63. The zero-order valence-corrected chi connectivity index (χ0v) is 13.7. The average molecular weight is 318 g/mol. The fraction of sp³-hybridized carbons (Fsp3) is 0.611. The van der Waals surface area contributed by atoms with E-state index in [2.05, 4.69) is 10.2 Å². The van der Waals surface area contributed by atoms with Gasteiger partial charge in [0.25, 0.3) is 0 Å². The number of Topliss-reactive ketones (excluding diaryl/α,β-unsaturated/α-hetero) is 1. The molecule has 0 radical (unpaired) electrons. The zero-order chi connectivity index (χ0) is 16.2. The quantitative estimate of drug-likeness (QED) is 0.820. The van der Waals surface area contributed by atoms with Gasteiger partial charge in [-0.2, -0.15) is 0 Å². The van der Waals surface area contributed by atoms with Crippen molar-refractivity contribution in [2.75, 3.05) is 33.3 Å². The number of carbonyl (C=O) groups excluding carboxylic acids is 1. The van der Waals surface area contributed by atoms with Crippen LogP contribution in [0.2, 0.25) is 0 Å². The number of β-amino-alcohol motifs (C(OH)–C–C–N with tert-alkyl or cyclic N) is 1. The van der Waals surface area contributed by atoms with Crippen molar-refractivity contribution in [3.8, 4) is 5.75 Å². The van der Waals surface area contributed by atoms with E-state index in [-0.39, 0.29) is 23.8 Å². The molecule has 5 nitrogen and oxygen atoms in total. The summed E-state index contributed by atoms with van der Waals surface area (Å²) in [7, 11) is 1.63. The van der Waals surface area contributed by atoms with Gasteiger partial charge in [-0.15, -0.1) is 0 Å². The number of ether oxygens (including phenoxy) is 1. The number of likely N-dealkylation sites (tertiary alicyclic amines) is 1. The van der Waals surface area contributed by atoms with Gasteiger partial charge in [-0.1, -0.05) is 0 Å². The van der Waals surface area contributed by atoms with Crippen molar-refractivity contribution in [3.05, 3.63) is 29.8 Å². The molecule has 2 heterocycles. The molecule has 23 heavy (non-hydrogen) atoms. The molecule has 2 fully saturated rings. The Labute approximate surface area is 137 Å². The van der Waals surface area contributed by atoms with Crippen molar-refractivity contribution in [3.63, 3.8) is 0 Å². The van der Waals surface area contributed by atoms with Gasteiger partial charge in [0, 0.05) is 24.1 Å². The second kappa shape index (κ2) is 7.43. The summed E-state index contributed by atoms with van der Waals surface area (Å²) in [5, 5.41) is 13.4. The van der Waals surface area contributed by atoms with Gasteiger partial charge in [-0.25, -0.2) is 0 Å². The number of hydrogen-bond acceptors (Lipinski definition) is 5. The summed E-state index contributed by atoms with van der Waals surface area (Å²) in [6.45, 7) is 3.43. The lowest BCUT2D eigenvalue weighted by molar-refractivity contribution is 0.0127. The summed E-state index contributed by atoms with van der Waals surface area (Å²) in [4.78, 5) is 15.0. The molecule has 2 atom stereocenters. The lowest BCUT2D eigenvalue weighted by Gasteiger charge is -2.41. The molecule has 126 valence electrons. The van der Waals surface area contributed by atoms with Gasteiger partial charge in [0.1, 0.15) is 5.75 Å². The summed E-state index contributed by atoms with van der Waals surface area (Å²) < 4.78 is 5.14. The van der Waals surface area contributed by atoms with Crippen LogP contribution in [0.5, 0.6) is 5.75 Å². The average Bonchev–Trinajstić information content (AvgIpc) is 2.62. The number of ketones is 1. The number of nitrogens with zero attached hydrogens (tertiary/aromatic N) is 1. The first-order valence-corrected chi connectivity index (χ1v) is 8.50. The Hall–Kier alpha value is -1.43. The van der Waals surface area contributed by atoms with Crippen molar-refractivity contribution in [1.82, 2.24) is 10.2 Å². The molecule has 3 rings (SSSR count). The number of methoxy groups -OCH3 is 1. The molecule has 1 aromatic carbocycles. The Kier molecular flexibility index (Phi) is 5.30. The number of hydrogen-bond donors (Lipinski definition) is 2. The van der Waals surface area contributed by atoms with Crippen LogP contribution in [0.15, 0.2) is 24.3 Å². The molecule has 0 unspecified atom stereocenters. The number of aliphatic hydroxyl groups excluding tert-OH is 1. The van der Waals surface area contributed by atoms with Gasteiger partial charge in [-0.3, -0.25) is 9.69 Å². The number of aliphatic hydroxyl groups is 1. The third-order valence-corrected chi connectivity index (χ3v) is 5.16. The van der Waals surface area contributed by atoms with Gasteiger partial charge >= 0.3 is 0 Å². The predicted molar refractivity (Wildman–Crippen MR) is 88.9 cm³/mol. The van der Waals surface area contributed by atoms with Crippen LogP contribution in [0.4, 0.5) is 0 Å². The molecule has 0 amide bonds. The number of piperidine rings is 2. The van der Waals surface area contributed by atoms with Gasteiger partial charge in [0.15, 0.2) is 5.78 Å². The fourth-order valence-corrected chi connectivity index (χ4v) is 3.74. The predicted octanol–water partition coefficient (Wildman–Crippen LogP) is 1.31. The first kappa shape index (κ1) is 16.4. The Morgan fingerprint density at radius 2 is 1.91 bits per heavy atom. The van der Waals surface area contributed by atoms with Crippen molar-refractivity contribution < 1.29 is 14.6 Å². The highest BCUT2D eigenvalue weighted by Gasteiger charge is 2.33. The molecule has 2 saturated heterocycles. The standard InChI is InChI=1S/C18H26N2O3/c1-23-15-4-2-13(3-5-15)18(22)14-7-10-20(11-8-14)16-6-9-19-12-17(16)21/h2-5,14,16-17,19,21H,6-12H2,1H3/t16-,17-/m0/s1. The maximum absolute atomic E-state index is 12.6. The first-order chi connectivity index (χ1) is 11.2. The smallest absolute Gasteiger partial charge is 0.166 e. The maximum atomic E-state index is 12.6. The van der Waals surface area contributed by atoms with Gasteiger partial charge < -0.3 is 15.2 Å². The van der Waals surface area contributed by atoms with E-state index in [1.165, 1.54) is 0 Å². The lowest BCUT2D eigenvalue weighted by Crippen LogP contribution is -2.55. The number of carbonyl (C=O) groups is 1. The Morgan fingerprint density at radius 1 is 1.22 bits per heavy atom. The largest absolute Gasteiger partial charge is 0.497 e. The Morgan fingerprint density at radius 3 is 2.52 bits per heavy atom. The molecule has 5 heteroatoms. The molecule has 2 aliphatic rings. The summed E-state index contributed by atoms with van der Waals surface area (Å²) in [5.74, 6) is 1.10. The van der Waals surface area contributed by atoms with Crippen LogP contribution in [-0.2, 0) is 0 Å². The Bertz CT molecular complexity index is 524. The van der Waals surface area contributed by atoms with Crippen molar-refractivity contribution in [2.24, 2.45) is 5.92 Å². The van der Waals surface area contributed by atoms with E-state index < -0.39 is 0 Å². The number of nitrogens with one attached hydrogen (secondary N) is 1. The molecule has 2 N–H and O–H groups in total. The Balaban J connectivity index is 1.56. The minimum atomic E-state index is -0.294. The maximum Gasteiger partial charge on any atom is 0.166 e. The molecular weight excluding hydrogens is 292 g/mol. The topological polar surface area (TPSA) is 61.8 Å². The van der Waals surface area contributed by atoms with Gasteiger partial charge in [0.05, 0.1) is 13.2 Å². The second-order valence-corrected chi connectivity index (χ2v) is 6.53. The molecule has 0 spiro atoms. The van der Waals surface area contributed by atoms with Crippen LogP contribution in [0, 0.1) is 5.92 Å². The summed E-state index contributed by atoms with van der Waals surface area (Å²) >= 11 is 0. The summed E-state index contributed by atoms with van der Waals surface area (Å²) in [5.41, 5.74) is 0.770. The van der Waals surface area contributed by atoms with E-state index >= 15 is 0 Å². The van der Waals surface area contributed by atoms with Crippen molar-refractivity contribution >= 4 is 5.78 Å². The van der Waals surface area contributed by atoms with Gasteiger partial charge in [0.2, 0.25) is 0 Å². The lowest BCUT2D eigenvalue weighted by atomic mass is 9.87. The molecule has 0 aromatic heterocycles. The minimum Gasteiger partial charge on any atom is -0.497 e. The number of benzene rings is 1. The highest BCUT2D eigenvalue weighted by molar-refractivity contribution is 5.98. The van der Waals surface area contributed by atoms with E-state index in [0.29, 0.717) is 6.54 Å². The highest BCUT2D eigenvalue weighted by Crippen LogP contribution is 2.26. The van der Waals surface area contributed by atoms with Crippen LogP contribution in [-0.4, -0.2) is 61.2 Å². The molecule has 0 bridgehead atoms. The molecule has 2 aliphatic heterocycles.